The van der Waals surface area contributed by atoms with Crippen molar-refractivity contribution < 1.29 is 9.53 Å². The van der Waals surface area contributed by atoms with Crippen molar-refractivity contribution in [3.63, 3.8) is 0 Å². The third-order valence-corrected chi connectivity index (χ3v) is 4.19. The summed E-state index contributed by atoms with van der Waals surface area (Å²) < 4.78 is 6.90. The van der Waals surface area contributed by atoms with E-state index in [4.69, 9.17) is 27.9 Å². The predicted molar refractivity (Wildman–Crippen MR) is 98.7 cm³/mol. The molecule has 3 aromatic rings. The molecule has 0 saturated heterocycles. The van der Waals surface area contributed by atoms with Gasteiger partial charge in [0, 0.05) is 16.2 Å². The summed E-state index contributed by atoms with van der Waals surface area (Å²) in [5, 5.41) is 8.16. The van der Waals surface area contributed by atoms with E-state index < -0.39 is 0 Å². The molecule has 0 fully saturated rings. The molecule has 1 N–H and O–H groups in total. The molecule has 0 aliphatic rings. The molecule has 25 heavy (non-hydrogen) atoms. The minimum absolute atomic E-state index is 0.323. The summed E-state index contributed by atoms with van der Waals surface area (Å²) in [6, 6.07) is 12.4. The maximum absolute atomic E-state index is 12.5. The van der Waals surface area contributed by atoms with Crippen molar-refractivity contribution in [2.45, 2.75) is 6.54 Å². The highest BCUT2D eigenvalue weighted by Gasteiger charge is 2.14. The van der Waals surface area contributed by atoms with Gasteiger partial charge in [0.15, 0.2) is 0 Å². The normalized spacial score (nSPS) is 10.5. The average Bonchev–Trinajstić information content (AvgIpc) is 3.04. The number of carbonyl (C=O) groups is 1. The zero-order valence-electron chi connectivity index (χ0n) is 13.4. The Kier molecular flexibility index (Phi) is 5.26. The fourth-order valence-electron chi connectivity index (χ4n) is 2.37. The van der Waals surface area contributed by atoms with Gasteiger partial charge in [0.1, 0.15) is 5.75 Å². The lowest BCUT2D eigenvalue weighted by Crippen LogP contribution is -2.12. The highest BCUT2D eigenvalue weighted by molar-refractivity contribution is 6.31. The fraction of sp³-hybridized carbons (Fsp3) is 0.111. The molecule has 5 nitrogen and oxygen atoms in total. The van der Waals surface area contributed by atoms with Crippen LogP contribution in [0.2, 0.25) is 10.0 Å². The number of rotatable bonds is 5. The van der Waals surface area contributed by atoms with Crippen LogP contribution in [0.25, 0.3) is 0 Å². The zero-order chi connectivity index (χ0) is 17.8. The van der Waals surface area contributed by atoms with Gasteiger partial charge in [0.25, 0.3) is 5.91 Å². The molecule has 0 bridgehead atoms. The molecule has 1 amide bonds. The van der Waals surface area contributed by atoms with Crippen molar-refractivity contribution in [2.75, 3.05) is 12.4 Å². The molecule has 2 aromatic carbocycles. The summed E-state index contributed by atoms with van der Waals surface area (Å²) in [5.41, 5.74) is 1.87. The number of nitrogens with one attached hydrogen (secondary N) is 1. The number of ether oxygens (including phenoxy) is 1. The number of benzene rings is 2. The van der Waals surface area contributed by atoms with Gasteiger partial charge < -0.3 is 10.1 Å². The summed E-state index contributed by atoms with van der Waals surface area (Å²) in [5.74, 6) is 0.127. The highest BCUT2D eigenvalue weighted by Crippen LogP contribution is 2.24. The lowest BCUT2D eigenvalue weighted by molar-refractivity contribution is 0.102. The van der Waals surface area contributed by atoms with Gasteiger partial charge in [-0.05, 0) is 29.8 Å². The van der Waals surface area contributed by atoms with E-state index in [9.17, 15) is 4.79 Å². The molecule has 3 rings (SSSR count). The first-order chi connectivity index (χ1) is 12.1. The quantitative estimate of drug-likeness (QED) is 0.714. The lowest BCUT2D eigenvalue weighted by atomic mass is 10.2. The molecule has 0 spiro atoms. The third kappa shape index (κ3) is 4.13. The second-order valence-electron chi connectivity index (χ2n) is 5.32. The first kappa shape index (κ1) is 17.3. The number of amides is 1. The van der Waals surface area contributed by atoms with Crippen LogP contribution in [0.5, 0.6) is 5.75 Å². The van der Waals surface area contributed by atoms with Crippen LogP contribution in [0.4, 0.5) is 5.69 Å². The molecular weight excluding hydrogens is 361 g/mol. The van der Waals surface area contributed by atoms with Crippen LogP contribution >= 0.6 is 23.2 Å². The largest absolute Gasteiger partial charge is 0.496 e. The van der Waals surface area contributed by atoms with Crippen molar-refractivity contribution in [1.29, 1.82) is 0 Å². The zero-order valence-corrected chi connectivity index (χ0v) is 14.9. The van der Waals surface area contributed by atoms with Crippen LogP contribution in [0.3, 0.4) is 0 Å². The molecule has 128 valence electrons. The molecule has 7 heteroatoms. The molecule has 0 radical (unpaired) electrons. The van der Waals surface area contributed by atoms with E-state index in [1.165, 1.54) is 7.11 Å². The van der Waals surface area contributed by atoms with Crippen molar-refractivity contribution in [3.8, 4) is 5.75 Å². The first-order valence-corrected chi connectivity index (χ1v) is 8.23. The number of nitrogens with zero attached hydrogens (tertiary/aromatic N) is 2. The van der Waals surface area contributed by atoms with E-state index in [0.717, 1.165) is 5.56 Å². The van der Waals surface area contributed by atoms with Crippen LogP contribution in [0, 0.1) is 0 Å². The van der Waals surface area contributed by atoms with E-state index in [0.29, 0.717) is 33.6 Å². The number of anilines is 1. The predicted octanol–water partition coefficient (Wildman–Crippen LogP) is 4.50. The molecule has 1 heterocycles. The second-order valence-corrected chi connectivity index (χ2v) is 6.16. The van der Waals surface area contributed by atoms with Crippen LogP contribution < -0.4 is 10.1 Å². The summed E-state index contributed by atoms with van der Waals surface area (Å²) >= 11 is 12.1. The Balaban J connectivity index is 1.74. The van der Waals surface area contributed by atoms with Crippen molar-refractivity contribution >= 4 is 34.8 Å². The van der Waals surface area contributed by atoms with E-state index in [1.807, 2.05) is 24.3 Å². The molecule has 0 atom stereocenters. The summed E-state index contributed by atoms with van der Waals surface area (Å²) in [6.07, 6.45) is 3.31. The van der Waals surface area contributed by atoms with Crippen LogP contribution in [-0.4, -0.2) is 22.8 Å². The Labute approximate surface area is 155 Å². The number of halogens is 2. The monoisotopic (exact) mass is 375 g/mol. The highest BCUT2D eigenvalue weighted by atomic mass is 35.5. The third-order valence-electron chi connectivity index (χ3n) is 3.59. The second kappa shape index (κ2) is 7.59. The van der Waals surface area contributed by atoms with Gasteiger partial charge in [-0.15, -0.1) is 0 Å². The lowest BCUT2D eigenvalue weighted by Gasteiger charge is -2.08. The van der Waals surface area contributed by atoms with E-state index in [2.05, 4.69) is 10.4 Å². The van der Waals surface area contributed by atoms with Gasteiger partial charge in [0.05, 0.1) is 31.1 Å². The standard InChI is InChI=1S/C18H15Cl2N3O2/c1-25-17-7-6-13(19)8-15(17)18(24)22-14-9-21-23(11-14)10-12-4-2-3-5-16(12)20/h2-9,11H,10H2,1H3,(H,22,24). The van der Waals surface area contributed by atoms with Gasteiger partial charge in [-0.1, -0.05) is 41.4 Å². The Morgan fingerprint density at radius 2 is 2.04 bits per heavy atom. The van der Waals surface area contributed by atoms with E-state index in [-0.39, 0.29) is 5.91 Å². The van der Waals surface area contributed by atoms with Crippen LogP contribution in [-0.2, 0) is 6.54 Å². The number of methoxy groups -OCH3 is 1. The summed E-state index contributed by atoms with van der Waals surface area (Å²) in [7, 11) is 1.50. The fourth-order valence-corrected chi connectivity index (χ4v) is 2.74. The van der Waals surface area contributed by atoms with Crippen molar-refractivity contribution in [1.82, 2.24) is 9.78 Å². The topological polar surface area (TPSA) is 56.1 Å². The van der Waals surface area contributed by atoms with Gasteiger partial charge in [0.2, 0.25) is 0 Å². The number of aromatic nitrogens is 2. The molecular formula is C18H15Cl2N3O2. The summed E-state index contributed by atoms with van der Waals surface area (Å²) in [4.78, 5) is 12.5. The van der Waals surface area contributed by atoms with Crippen LogP contribution in [0.1, 0.15) is 15.9 Å². The van der Waals surface area contributed by atoms with Gasteiger partial charge >= 0.3 is 0 Å². The van der Waals surface area contributed by atoms with Gasteiger partial charge in [-0.3, -0.25) is 9.48 Å². The molecule has 0 saturated carbocycles. The molecule has 0 aliphatic carbocycles. The Bertz CT molecular complexity index is 909. The Morgan fingerprint density at radius 3 is 2.80 bits per heavy atom. The Hall–Kier alpha value is -2.50. The van der Waals surface area contributed by atoms with E-state index >= 15 is 0 Å². The average molecular weight is 376 g/mol. The SMILES string of the molecule is COc1ccc(Cl)cc1C(=O)Nc1cnn(Cc2ccccc2Cl)c1. The molecule has 0 unspecified atom stereocenters. The minimum atomic E-state index is -0.323. The molecule has 1 aromatic heterocycles. The maximum Gasteiger partial charge on any atom is 0.259 e. The maximum atomic E-state index is 12.5. The first-order valence-electron chi connectivity index (χ1n) is 7.47. The van der Waals surface area contributed by atoms with E-state index in [1.54, 1.807) is 35.3 Å². The van der Waals surface area contributed by atoms with Crippen molar-refractivity contribution in [2.24, 2.45) is 0 Å². The summed E-state index contributed by atoms with van der Waals surface area (Å²) in [6.45, 7) is 0.510. The van der Waals surface area contributed by atoms with Gasteiger partial charge in [-0.25, -0.2) is 0 Å². The smallest absolute Gasteiger partial charge is 0.259 e. The number of hydrogen-bond acceptors (Lipinski definition) is 3. The van der Waals surface area contributed by atoms with Crippen molar-refractivity contribution in [3.05, 3.63) is 76.0 Å². The molecule has 0 aliphatic heterocycles. The van der Waals surface area contributed by atoms with Crippen LogP contribution in [0.15, 0.2) is 54.9 Å². The Morgan fingerprint density at radius 1 is 1.24 bits per heavy atom. The number of carbonyl (C=O) groups excluding carboxylic acids is 1. The van der Waals surface area contributed by atoms with Gasteiger partial charge in [-0.2, -0.15) is 5.10 Å². The number of hydrogen-bond donors (Lipinski definition) is 1. The minimum Gasteiger partial charge on any atom is -0.496 e.